The van der Waals surface area contributed by atoms with Crippen LogP contribution in [0.5, 0.6) is 0 Å². The summed E-state index contributed by atoms with van der Waals surface area (Å²) in [6, 6.07) is 14.2. The van der Waals surface area contributed by atoms with Gasteiger partial charge in [-0.3, -0.25) is 4.79 Å². The van der Waals surface area contributed by atoms with Crippen molar-refractivity contribution in [2.45, 2.75) is 36.5 Å². The van der Waals surface area contributed by atoms with Gasteiger partial charge in [-0.15, -0.1) is 0 Å². The molecule has 2 aromatic rings. The summed E-state index contributed by atoms with van der Waals surface area (Å²) in [5, 5.41) is 2.79. The lowest BCUT2D eigenvalue weighted by Crippen LogP contribution is -2.43. The molecule has 0 aromatic heterocycles. The third-order valence-corrected chi connectivity index (χ3v) is 9.54. The molecule has 3 rings (SSSR count). The molecule has 1 fully saturated rings. The summed E-state index contributed by atoms with van der Waals surface area (Å²) in [5.74, 6) is -0.765. The number of sulfonamides is 2. The summed E-state index contributed by atoms with van der Waals surface area (Å²) < 4.78 is 53.7. The third kappa shape index (κ3) is 5.20. The highest BCUT2D eigenvalue weighted by molar-refractivity contribution is 7.89. The van der Waals surface area contributed by atoms with Crippen molar-refractivity contribution in [1.29, 1.82) is 0 Å². The molecular formula is C22H29N3O5S2. The Morgan fingerprint density at radius 2 is 1.59 bits per heavy atom. The van der Waals surface area contributed by atoms with Crippen molar-refractivity contribution < 1.29 is 21.6 Å². The second kappa shape index (κ2) is 10.1. The van der Waals surface area contributed by atoms with Crippen LogP contribution in [0.25, 0.3) is 0 Å². The number of hydrogen-bond acceptors (Lipinski definition) is 5. The zero-order chi connectivity index (χ0) is 23.4. The number of amides is 1. The average molecular weight is 480 g/mol. The maximum atomic E-state index is 12.9. The van der Waals surface area contributed by atoms with E-state index in [1.54, 1.807) is 56.3 Å². The first-order valence-corrected chi connectivity index (χ1v) is 13.5. The molecule has 8 nitrogen and oxygen atoms in total. The lowest BCUT2D eigenvalue weighted by atomic mass is 9.99. The predicted molar refractivity (Wildman–Crippen MR) is 123 cm³/mol. The van der Waals surface area contributed by atoms with E-state index < -0.39 is 26.0 Å². The van der Waals surface area contributed by atoms with E-state index in [0.717, 1.165) is 0 Å². The van der Waals surface area contributed by atoms with E-state index in [4.69, 9.17) is 0 Å². The fraction of sp³-hybridized carbons (Fsp3) is 0.409. The maximum Gasteiger partial charge on any atom is 0.243 e. The molecule has 1 N–H and O–H groups in total. The molecular weight excluding hydrogens is 450 g/mol. The van der Waals surface area contributed by atoms with Crippen molar-refractivity contribution in [2.75, 3.05) is 31.5 Å². The van der Waals surface area contributed by atoms with Crippen LogP contribution >= 0.6 is 0 Å². The number of carbonyl (C=O) groups is 1. The Morgan fingerprint density at radius 3 is 2.19 bits per heavy atom. The van der Waals surface area contributed by atoms with Crippen LogP contribution in [0.4, 0.5) is 5.69 Å². The van der Waals surface area contributed by atoms with Gasteiger partial charge >= 0.3 is 0 Å². The van der Waals surface area contributed by atoms with Crippen LogP contribution in [-0.2, 0) is 24.8 Å². The number of piperidine rings is 1. The van der Waals surface area contributed by atoms with Gasteiger partial charge in [0.2, 0.25) is 26.0 Å². The van der Waals surface area contributed by atoms with Gasteiger partial charge in [-0.05, 0) is 49.2 Å². The highest BCUT2D eigenvalue weighted by Crippen LogP contribution is 2.25. The Hall–Kier alpha value is -2.27. The molecule has 1 atom stereocenters. The standard InChI is InChI=1S/C22H29N3O5S2/c1-3-24(4-2)31(27,28)21-14-12-19(13-15-21)23-22(26)18-9-8-16-25(17-18)32(29,30)20-10-6-5-7-11-20/h5-7,10-15,18H,3-4,8-9,16-17H2,1-2H3,(H,23,26). The zero-order valence-corrected chi connectivity index (χ0v) is 19.9. The quantitative estimate of drug-likeness (QED) is 0.627. The molecule has 1 heterocycles. The molecule has 0 aliphatic carbocycles. The highest BCUT2D eigenvalue weighted by atomic mass is 32.2. The van der Waals surface area contributed by atoms with Crippen molar-refractivity contribution in [1.82, 2.24) is 8.61 Å². The van der Waals surface area contributed by atoms with Gasteiger partial charge in [0, 0.05) is 31.9 Å². The molecule has 2 aromatic carbocycles. The Kier molecular flexibility index (Phi) is 7.71. The van der Waals surface area contributed by atoms with E-state index in [9.17, 15) is 21.6 Å². The van der Waals surface area contributed by atoms with Gasteiger partial charge in [-0.2, -0.15) is 8.61 Å². The van der Waals surface area contributed by atoms with Gasteiger partial charge < -0.3 is 5.32 Å². The Morgan fingerprint density at radius 1 is 0.969 bits per heavy atom. The van der Waals surface area contributed by atoms with E-state index in [-0.39, 0.29) is 22.2 Å². The molecule has 1 saturated heterocycles. The van der Waals surface area contributed by atoms with Crippen LogP contribution < -0.4 is 5.32 Å². The first-order chi connectivity index (χ1) is 15.2. The molecule has 1 unspecified atom stereocenters. The van der Waals surface area contributed by atoms with Gasteiger partial charge in [0.1, 0.15) is 0 Å². The van der Waals surface area contributed by atoms with Crippen molar-refractivity contribution >= 4 is 31.6 Å². The Bertz CT molecular complexity index is 1130. The normalized spacial score (nSPS) is 17.9. The number of hydrogen-bond donors (Lipinski definition) is 1. The smallest absolute Gasteiger partial charge is 0.243 e. The van der Waals surface area contributed by atoms with E-state index in [0.29, 0.717) is 38.2 Å². The lowest BCUT2D eigenvalue weighted by molar-refractivity contribution is -0.120. The Labute approximate surface area is 190 Å². The Balaban J connectivity index is 1.68. The fourth-order valence-electron chi connectivity index (χ4n) is 3.78. The molecule has 0 saturated carbocycles. The van der Waals surface area contributed by atoms with Crippen molar-refractivity contribution in [3.05, 3.63) is 54.6 Å². The van der Waals surface area contributed by atoms with Gasteiger partial charge in [-0.1, -0.05) is 32.0 Å². The van der Waals surface area contributed by atoms with Gasteiger partial charge in [0.25, 0.3) is 0 Å². The van der Waals surface area contributed by atoms with Crippen molar-refractivity contribution in [3.8, 4) is 0 Å². The minimum Gasteiger partial charge on any atom is -0.326 e. The average Bonchev–Trinajstić information content (AvgIpc) is 2.80. The summed E-state index contributed by atoms with van der Waals surface area (Å²) >= 11 is 0. The molecule has 1 amide bonds. The van der Waals surface area contributed by atoms with Crippen LogP contribution in [-0.4, -0.2) is 57.5 Å². The van der Waals surface area contributed by atoms with Gasteiger partial charge in [0.05, 0.1) is 15.7 Å². The molecule has 32 heavy (non-hydrogen) atoms. The second-order valence-corrected chi connectivity index (χ2v) is 11.5. The van der Waals surface area contributed by atoms with Crippen molar-refractivity contribution in [3.63, 3.8) is 0 Å². The van der Waals surface area contributed by atoms with Crippen LogP contribution in [0.3, 0.4) is 0 Å². The summed E-state index contributed by atoms with van der Waals surface area (Å²) in [5.41, 5.74) is 0.469. The molecule has 0 spiro atoms. The molecule has 10 heteroatoms. The minimum absolute atomic E-state index is 0.109. The highest BCUT2D eigenvalue weighted by Gasteiger charge is 2.33. The topological polar surface area (TPSA) is 104 Å². The molecule has 174 valence electrons. The second-order valence-electron chi connectivity index (χ2n) is 7.62. The molecule has 0 radical (unpaired) electrons. The molecule has 1 aliphatic rings. The maximum absolute atomic E-state index is 12.9. The number of carbonyl (C=O) groups excluding carboxylic acids is 1. The predicted octanol–water partition coefficient (Wildman–Crippen LogP) is 2.76. The first kappa shape index (κ1) is 24.4. The summed E-state index contributed by atoms with van der Waals surface area (Å²) in [6.45, 7) is 4.79. The summed E-state index contributed by atoms with van der Waals surface area (Å²) in [7, 11) is -7.22. The minimum atomic E-state index is -3.65. The fourth-order valence-corrected chi connectivity index (χ4v) is 6.79. The number of rotatable bonds is 8. The van der Waals surface area contributed by atoms with Crippen LogP contribution in [0.1, 0.15) is 26.7 Å². The van der Waals surface area contributed by atoms with Gasteiger partial charge in [-0.25, -0.2) is 16.8 Å². The first-order valence-electron chi connectivity index (χ1n) is 10.7. The van der Waals surface area contributed by atoms with E-state index >= 15 is 0 Å². The third-order valence-electron chi connectivity index (χ3n) is 5.60. The van der Waals surface area contributed by atoms with Gasteiger partial charge in [0.15, 0.2) is 0 Å². The number of nitrogens with zero attached hydrogens (tertiary/aromatic N) is 2. The van der Waals surface area contributed by atoms with Crippen molar-refractivity contribution in [2.24, 2.45) is 5.92 Å². The molecule has 0 bridgehead atoms. The van der Waals surface area contributed by atoms with Crippen LogP contribution in [0.15, 0.2) is 64.4 Å². The number of nitrogens with one attached hydrogen (secondary N) is 1. The lowest BCUT2D eigenvalue weighted by Gasteiger charge is -2.31. The summed E-state index contributed by atoms with van der Waals surface area (Å²) in [6.07, 6.45) is 1.17. The zero-order valence-electron chi connectivity index (χ0n) is 18.3. The SMILES string of the molecule is CCN(CC)S(=O)(=O)c1ccc(NC(=O)C2CCCN(S(=O)(=O)c3ccccc3)C2)cc1. The largest absolute Gasteiger partial charge is 0.326 e. The summed E-state index contributed by atoms with van der Waals surface area (Å²) in [4.78, 5) is 13.2. The monoisotopic (exact) mass is 479 g/mol. The van der Waals surface area contributed by atoms with Crippen LogP contribution in [0, 0.1) is 5.92 Å². The molecule has 1 aliphatic heterocycles. The van der Waals surface area contributed by atoms with E-state index in [1.165, 1.54) is 20.7 Å². The number of anilines is 1. The van der Waals surface area contributed by atoms with Crippen LogP contribution in [0.2, 0.25) is 0 Å². The number of benzene rings is 2. The van der Waals surface area contributed by atoms with E-state index in [1.807, 2.05) is 0 Å². The van der Waals surface area contributed by atoms with E-state index in [2.05, 4.69) is 5.32 Å².